The smallest absolute Gasteiger partial charge is 0.321 e. The second kappa shape index (κ2) is 11.0. The fraction of sp³-hybridized carbons (Fsp3) is 0.267. The van der Waals surface area contributed by atoms with E-state index in [4.69, 9.17) is 4.74 Å². The summed E-state index contributed by atoms with van der Waals surface area (Å²) < 4.78 is 5.38. The largest absolute Gasteiger partial charge is 0.497 e. The van der Waals surface area contributed by atoms with Crippen molar-refractivity contribution in [2.24, 2.45) is 0 Å². The number of anilines is 1. The lowest BCUT2D eigenvalue weighted by atomic mass is 9.90. The number of imidazole rings is 1. The first kappa shape index (κ1) is 26.0. The van der Waals surface area contributed by atoms with Crippen molar-refractivity contribution in [3.63, 3.8) is 0 Å². The summed E-state index contributed by atoms with van der Waals surface area (Å²) >= 11 is 0. The van der Waals surface area contributed by atoms with Crippen LogP contribution in [0.1, 0.15) is 44.4 Å². The number of methoxy groups -OCH3 is 1. The molecule has 200 valence electrons. The number of nitrogens with one attached hydrogen (secondary N) is 3. The maximum atomic E-state index is 13.5. The first-order valence-corrected chi connectivity index (χ1v) is 13.0. The molecule has 39 heavy (non-hydrogen) atoms. The molecule has 2 aromatic heterocycles. The van der Waals surface area contributed by atoms with Gasteiger partial charge in [-0.15, -0.1) is 0 Å². The quantitative estimate of drug-likeness (QED) is 0.294. The fourth-order valence-electron chi connectivity index (χ4n) is 5.14. The number of urea groups is 1. The summed E-state index contributed by atoms with van der Waals surface area (Å²) in [6, 6.07) is 17.1. The summed E-state index contributed by atoms with van der Waals surface area (Å²) in [6.45, 7) is 6.47. The molecule has 3 amide bonds. The molecule has 0 radical (unpaired) electrons. The number of rotatable bonds is 7. The number of ether oxygens (including phenoxy) is 1. The molecule has 0 saturated carbocycles. The number of aromatic nitrogens is 3. The van der Waals surface area contributed by atoms with E-state index in [1.165, 1.54) is 0 Å². The maximum absolute atomic E-state index is 13.5. The molecule has 9 heteroatoms. The van der Waals surface area contributed by atoms with Crippen molar-refractivity contribution >= 4 is 34.5 Å². The molecule has 1 aliphatic rings. The second-order valence-electron chi connectivity index (χ2n) is 9.63. The van der Waals surface area contributed by atoms with E-state index in [2.05, 4.69) is 32.5 Å². The summed E-state index contributed by atoms with van der Waals surface area (Å²) in [7, 11) is 1.64. The normalized spacial score (nSPS) is 16.1. The Bertz CT molecular complexity index is 1550. The number of carbonyl (C=O) groups excluding carboxylic acids is 2. The highest BCUT2D eigenvalue weighted by Crippen LogP contribution is 2.37. The van der Waals surface area contributed by atoms with Crippen LogP contribution in [0.2, 0.25) is 0 Å². The number of hydrogen-bond acceptors (Lipinski definition) is 5. The minimum absolute atomic E-state index is 0.0237. The van der Waals surface area contributed by atoms with Gasteiger partial charge in [0.2, 0.25) is 11.9 Å². The van der Waals surface area contributed by atoms with E-state index in [1.807, 2.05) is 73.3 Å². The highest BCUT2D eigenvalue weighted by molar-refractivity contribution is 6.01. The van der Waals surface area contributed by atoms with Crippen LogP contribution in [0.25, 0.3) is 27.9 Å². The third kappa shape index (κ3) is 5.34. The van der Waals surface area contributed by atoms with Gasteiger partial charge in [0, 0.05) is 30.4 Å². The highest BCUT2D eigenvalue weighted by Gasteiger charge is 2.31. The molecule has 9 nitrogen and oxygen atoms in total. The van der Waals surface area contributed by atoms with Crippen LogP contribution in [0.4, 0.5) is 10.7 Å². The van der Waals surface area contributed by atoms with Crippen molar-refractivity contribution < 1.29 is 14.3 Å². The van der Waals surface area contributed by atoms with Crippen molar-refractivity contribution in [1.29, 1.82) is 0 Å². The van der Waals surface area contributed by atoms with Crippen LogP contribution in [0.3, 0.4) is 0 Å². The average molecular weight is 525 g/mol. The fourth-order valence-corrected chi connectivity index (χ4v) is 5.14. The van der Waals surface area contributed by atoms with Crippen LogP contribution in [0.15, 0.2) is 66.9 Å². The Morgan fingerprint density at radius 1 is 1.21 bits per heavy atom. The molecular weight excluding hydrogens is 492 g/mol. The van der Waals surface area contributed by atoms with Gasteiger partial charge in [-0.1, -0.05) is 18.2 Å². The Hall–Kier alpha value is -4.66. The first-order valence-electron chi connectivity index (χ1n) is 13.0. The number of nitrogens with zero attached hydrogens (tertiary/aromatic N) is 3. The maximum Gasteiger partial charge on any atom is 0.321 e. The predicted octanol–water partition coefficient (Wildman–Crippen LogP) is 5.54. The van der Waals surface area contributed by atoms with Gasteiger partial charge in [0.15, 0.2) is 0 Å². The molecule has 0 bridgehead atoms. The van der Waals surface area contributed by atoms with Gasteiger partial charge in [0.25, 0.3) is 0 Å². The van der Waals surface area contributed by atoms with Crippen molar-refractivity contribution in [2.75, 3.05) is 19.0 Å². The molecule has 2 atom stereocenters. The first-order chi connectivity index (χ1) is 18.9. The molecule has 2 unspecified atom stereocenters. The molecule has 1 aliphatic heterocycles. The minimum Gasteiger partial charge on any atom is -0.497 e. The Labute approximate surface area is 227 Å². The van der Waals surface area contributed by atoms with E-state index >= 15 is 0 Å². The van der Waals surface area contributed by atoms with Crippen LogP contribution in [-0.2, 0) is 4.79 Å². The van der Waals surface area contributed by atoms with Gasteiger partial charge in [-0.2, -0.15) is 0 Å². The van der Waals surface area contributed by atoms with E-state index in [0.29, 0.717) is 24.4 Å². The number of benzene rings is 2. The third-order valence-corrected chi connectivity index (χ3v) is 7.00. The number of amides is 3. The van der Waals surface area contributed by atoms with Crippen molar-refractivity contribution in [3.05, 3.63) is 78.0 Å². The average Bonchev–Trinajstić information content (AvgIpc) is 3.34. The van der Waals surface area contributed by atoms with E-state index in [9.17, 15) is 9.59 Å². The summed E-state index contributed by atoms with van der Waals surface area (Å²) in [5, 5.41) is 5.45. The van der Waals surface area contributed by atoms with E-state index in [0.717, 1.165) is 39.2 Å². The lowest BCUT2D eigenvalue weighted by molar-refractivity contribution is -0.130. The Morgan fingerprint density at radius 3 is 2.77 bits per heavy atom. The standard InChI is InChI=1S/C30H32N6O3/c1-5-31-30(38)35-29-33-26-16-22(15-24(28(26)34-29)25-11-6-7-12-32-25)21-13-18(2)36(27(37)17-21)19(3)20-9-8-10-23(14-20)39-4/h6-12,14-19H,5,13H2,1-4H3,(H3,31,33,34,35,38). The molecule has 0 saturated heterocycles. The number of pyridine rings is 1. The van der Waals surface area contributed by atoms with Gasteiger partial charge in [-0.25, -0.2) is 9.78 Å². The molecule has 0 aliphatic carbocycles. The summed E-state index contributed by atoms with van der Waals surface area (Å²) in [5.41, 5.74) is 5.87. The molecular formula is C30H32N6O3. The third-order valence-electron chi connectivity index (χ3n) is 7.00. The zero-order valence-corrected chi connectivity index (χ0v) is 22.5. The topological polar surface area (TPSA) is 112 Å². The Kier molecular flexibility index (Phi) is 7.31. The summed E-state index contributed by atoms with van der Waals surface area (Å²) in [4.78, 5) is 39.9. The lowest BCUT2D eigenvalue weighted by Crippen LogP contribution is -2.42. The molecule has 0 fully saturated rings. The molecule has 3 heterocycles. The molecule has 2 aromatic carbocycles. The monoisotopic (exact) mass is 524 g/mol. The molecule has 4 aromatic rings. The van der Waals surface area contributed by atoms with Crippen molar-refractivity contribution in [3.8, 4) is 17.0 Å². The molecule has 3 N–H and O–H groups in total. The number of H-pyrrole nitrogens is 1. The van der Waals surface area contributed by atoms with Crippen LogP contribution in [0.5, 0.6) is 5.75 Å². The van der Waals surface area contributed by atoms with Crippen LogP contribution >= 0.6 is 0 Å². The highest BCUT2D eigenvalue weighted by atomic mass is 16.5. The van der Waals surface area contributed by atoms with Gasteiger partial charge in [0.1, 0.15) is 5.75 Å². The molecule has 0 spiro atoms. The Morgan fingerprint density at radius 2 is 2.05 bits per heavy atom. The predicted molar refractivity (Wildman–Crippen MR) is 152 cm³/mol. The van der Waals surface area contributed by atoms with Gasteiger partial charge in [-0.3, -0.25) is 15.1 Å². The molecule has 5 rings (SSSR count). The number of fused-ring (bicyclic) bond motifs is 1. The Balaban J connectivity index is 1.52. The number of carbonyl (C=O) groups is 2. The summed E-state index contributed by atoms with van der Waals surface area (Å²) in [6.07, 6.45) is 4.15. The zero-order valence-electron chi connectivity index (χ0n) is 22.5. The van der Waals surface area contributed by atoms with E-state index < -0.39 is 0 Å². The van der Waals surface area contributed by atoms with Crippen LogP contribution < -0.4 is 15.4 Å². The summed E-state index contributed by atoms with van der Waals surface area (Å²) in [5.74, 6) is 1.07. The van der Waals surface area contributed by atoms with Gasteiger partial charge >= 0.3 is 6.03 Å². The number of aromatic amines is 1. The van der Waals surface area contributed by atoms with E-state index in [-0.39, 0.29) is 24.0 Å². The SMILES string of the molecule is CCNC(=O)Nc1nc2c(-c3ccccn3)cc(C3=CC(=O)N(C(C)c4cccc(OC)c4)C(C)C3)cc2[nH]1. The van der Waals surface area contributed by atoms with E-state index in [1.54, 1.807) is 19.4 Å². The minimum atomic E-state index is -0.337. The van der Waals surface area contributed by atoms with Gasteiger partial charge in [0.05, 0.1) is 29.9 Å². The zero-order chi connectivity index (χ0) is 27.5. The van der Waals surface area contributed by atoms with Crippen LogP contribution in [-0.4, -0.2) is 51.5 Å². The van der Waals surface area contributed by atoms with Gasteiger partial charge in [-0.05, 0) is 80.3 Å². The van der Waals surface area contributed by atoms with Crippen molar-refractivity contribution in [2.45, 2.75) is 39.3 Å². The second-order valence-corrected chi connectivity index (χ2v) is 9.63. The van der Waals surface area contributed by atoms with Crippen molar-refractivity contribution in [1.82, 2.24) is 25.2 Å². The van der Waals surface area contributed by atoms with Crippen LogP contribution in [0, 0.1) is 0 Å². The van der Waals surface area contributed by atoms with Gasteiger partial charge < -0.3 is 19.9 Å². The number of hydrogen-bond donors (Lipinski definition) is 3. The lowest BCUT2D eigenvalue weighted by Gasteiger charge is -2.38.